The highest BCUT2D eigenvalue weighted by Crippen LogP contribution is 2.29. The van der Waals surface area contributed by atoms with Gasteiger partial charge in [0.1, 0.15) is 12.6 Å². The topological polar surface area (TPSA) is 84.7 Å². The van der Waals surface area contributed by atoms with E-state index in [1.807, 2.05) is 36.4 Å². The van der Waals surface area contributed by atoms with Crippen LogP contribution in [0.3, 0.4) is 0 Å². The number of carboxylic acid groups (broad SMARTS) is 1. The average Bonchev–Trinajstić information content (AvgIpc) is 3.12. The Morgan fingerprint density at radius 1 is 1.07 bits per heavy atom. The summed E-state index contributed by atoms with van der Waals surface area (Å²) in [5, 5.41) is 9.74. The fourth-order valence-electron chi connectivity index (χ4n) is 3.64. The van der Waals surface area contributed by atoms with Crippen molar-refractivity contribution in [3.05, 3.63) is 60.2 Å². The van der Waals surface area contributed by atoms with Crippen LogP contribution in [0.2, 0.25) is 0 Å². The molecule has 0 radical (unpaired) electrons. The SMILES string of the molecule is O=C(OCc1ccccc1)[C@@H]1CCCCN1c1nc2ccccc2n1C(=O)O. The number of benzene rings is 2. The normalized spacial score (nSPS) is 16.9. The predicted molar refractivity (Wildman–Crippen MR) is 104 cm³/mol. The quantitative estimate of drug-likeness (QED) is 0.697. The van der Waals surface area contributed by atoms with Gasteiger partial charge in [-0.3, -0.25) is 0 Å². The van der Waals surface area contributed by atoms with Crippen LogP contribution < -0.4 is 4.90 Å². The van der Waals surface area contributed by atoms with E-state index in [0.717, 1.165) is 23.0 Å². The average molecular weight is 379 g/mol. The van der Waals surface area contributed by atoms with E-state index in [1.54, 1.807) is 23.1 Å². The Morgan fingerprint density at radius 3 is 2.61 bits per heavy atom. The number of hydrogen-bond acceptors (Lipinski definition) is 5. The lowest BCUT2D eigenvalue weighted by Crippen LogP contribution is -2.47. The number of fused-ring (bicyclic) bond motifs is 1. The lowest BCUT2D eigenvalue weighted by molar-refractivity contribution is -0.147. The van der Waals surface area contributed by atoms with Crippen molar-refractivity contribution in [1.82, 2.24) is 9.55 Å². The summed E-state index contributed by atoms with van der Waals surface area (Å²) in [6.07, 6.45) is 1.24. The monoisotopic (exact) mass is 379 g/mol. The summed E-state index contributed by atoms with van der Waals surface area (Å²) in [5.41, 5.74) is 2.00. The molecular formula is C21H21N3O4. The summed E-state index contributed by atoms with van der Waals surface area (Å²) >= 11 is 0. The Morgan fingerprint density at radius 2 is 1.82 bits per heavy atom. The van der Waals surface area contributed by atoms with Gasteiger partial charge in [0.2, 0.25) is 5.95 Å². The van der Waals surface area contributed by atoms with Gasteiger partial charge >= 0.3 is 12.1 Å². The van der Waals surface area contributed by atoms with Crippen LogP contribution in [-0.4, -0.2) is 39.3 Å². The fourth-order valence-corrected chi connectivity index (χ4v) is 3.64. The second-order valence-electron chi connectivity index (χ2n) is 6.82. The van der Waals surface area contributed by atoms with Crippen LogP contribution >= 0.6 is 0 Å². The zero-order chi connectivity index (χ0) is 19.5. The van der Waals surface area contributed by atoms with Crippen molar-refractivity contribution < 1.29 is 19.4 Å². The molecule has 7 heteroatoms. The maximum absolute atomic E-state index is 12.8. The van der Waals surface area contributed by atoms with E-state index < -0.39 is 12.1 Å². The van der Waals surface area contributed by atoms with E-state index in [0.29, 0.717) is 24.0 Å². The number of ether oxygens (including phenoxy) is 1. The lowest BCUT2D eigenvalue weighted by atomic mass is 10.0. The number of carbonyl (C=O) groups is 2. The van der Waals surface area contributed by atoms with E-state index in [9.17, 15) is 14.7 Å². The van der Waals surface area contributed by atoms with Gasteiger partial charge in [-0.05, 0) is 37.0 Å². The zero-order valence-electron chi connectivity index (χ0n) is 15.3. The van der Waals surface area contributed by atoms with Crippen molar-refractivity contribution in [2.24, 2.45) is 0 Å². The maximum atomic E-state index is 12.8. The molecule has 4 rings (SSSR count). The third-order valence-electron chi connectivity index (χ3n) is 4.99. The van der Waals surface area contributed by atoms with Crippen LogP contribution in [0.1, 0.15) is 24.8 Å². The summed E-state index contributed by atoms with van der Waals surface area (Å²) in [4.78, 5) is 31.0. The molecule has 1 aromatic heterocycles. The first-order valence-corrected chi connectivity index (χ1v) is 9.33. The van der Waals surface area contributed by atoms with Crippen LogP contribution in [-0.2, 0) is 16.1 Å². The molecule has 1 fully saturated rings. The van der Waals surface area contributed by atoms with E-state index in [4.69, 9.17) is 4.74 Å². The lowest BCUT2D eigenvalue weighted by Gasteiger charge is -2.34. The van der Waals surface area contributed by atoms with Crippen molar-refractivity contribution >= 4 is 29.0 Å². The molecule has 2 aromatic carbocycles. The molecule has 7 nitrogen and oxygen atoms in total. The second kappa shape index (κ2) is 7.72. The molecule has 0 bridgehead atoms. The number of hydrogen-bond donors (Lipinski definition) is 1. The summed E-state index contributed by atoms with van der Waals surface area (Å²) in [6.45, 7) is 0.751. The summed E-state index contributed by atoms with van der Waals surface area (Å²) < 4.78 is 6.68. The highest BCUT2D eigenvalue weighted by Gasteiger charge is 2.34. The summed E-state index contributed by atoms with van der Waals surface area (Å²) in [6, 6.07) is 16.0. The number of para-hydroxylation sites is 2. The van der Waals surface area contributed by atoms with E-state index in [1.165, 1.54) is 0 Å². The van der Waals surface area contributed by atoms with Crippen molar-refractivity contribution in [2.75, 3.05) is 11.4 Å². The number of piperidine rings is 1. The van der Waals surface area contributed by atoms with Gasteiger partial charge in [-0.15, -0.1) is 0 Å². The first-order chi connectivity index (χ1) is 13.6. The second-order valence-corrected chi connectivity index (χ2v) is 6.82. The molecule has 1 atom stereocenters. The molecule has 1 saturated heterocycles. The number of esters is 1. The number of imidazole rings is 1. The zero-order valence-corrected chi connectivity index (χ0v) is 15.3. The first-order valence-electron chi connectivity index (χ1n) is 9.33. The smallest absolute Gasteiger partial charge is 0.418 e. The highest BCUT2D eigenvalue weighted by molar-refractivity contribution is 5.91. The molecule has 2 heterocycles. The molecular weight excluding hydrogens is 358 g/mol. The summed E-state index contributed by atoms with van der Waals surface area (Å²) in [5.74, 6) is -0.0809. The number of rotatable bonds is 4. The Labute approximate surface area is 162 Å². The minimum atomic E-state index is -1.12. The molecule has 0 unspecified atom stereocenters. The predicted octanol–water partition coefficient (Wildman–Crippen LogP) is 3.66. The third kappa shape index (κ3) is 3.43. The molecule has 0 amide bonds. The first kappa shape index (κ1) is 18.0. The van der Waals surface area contributed by atoms with Gasteiger partial charge in [-0.25, -0.2) is 19.1 Å². The minimum Gasteiger partial charge on any atom is -0.464 e. The van der Waals surface area contributed by atoms with Gasteiger partial charge in [0, 0.05) is 6.54 Å². The van der Waals surface area contributed by atoms with Crippen molar-refractivity contribution in [3.8, 4) is 0 Å². The number of nitrogens with zero attached hydrogens (tertiary/aromatic N) is 3. The van der Waals surface area contributed by atoms with E-state index >= 15 is 0 Å². The molecule has 1 N–H and O–H groups in total. The Hall–Kier alpha value is -3.35. The Kier molecular flexibility index (Phi) is 4.97. The van der Waals surface area contributed by atoms with Crippen molar-refractivity contribution in [3.63, 3.8) is 0 Å². The van der Waals surface area contributed by atoms with Crippen LogP contribution in [0.5, 0.6) is 0 Å². The Balaban J connectivity index is 1.62. The number of carbonyl (C=O) groups excluding carboxylic acids is 1. The molecule has 1 aliphatic rings. The third-order valence-corrected chi connectivity index (χ3v) is 4.99. The molecule has 144 valence electrons. The van der Waals surface area contributed by atoms with E-state index in [-0.39, 0.29) is 18.5 Å². The van der Waals surface area contributed by atoms with Crippen molar-refractivity contribution in [2.45, 2.75) is 31.9 Å². The van der Waals surface area contributed by atoms with Crippen molar-refractivity contribution in [1.29, 1.82) is 0 Å². The summed E-state index contributed by atoms with van der Waals surface area (Å²) in [7, 11) is 0. The van der Waals surface area contributed by atoms with E-state index in [2.05, 4.69) is 4.98 Å². The van der Waals surface area contributed by atoms with Crippen LogP contribution in [0.25, 0.3) is 11.0 Å². The van der Waals surface area contributed by atoms with Gasteiger partial charge in [0.15, 0.2) is 0 Å². The fraction of sp³-hybridized carbons (Fsp3) is 0.286. The van der Waals surface area contributed by atoms with Crippen LogP contribution in [0.4, 0.5) is 10.7 Å². The molecule has 0 spiro atoms. The molecule has 1 aliphatic heterocycles. The number of anilines is 1. The molecule has 28 heavy (non-hydrogen) atoms. The van der Waals surface area contributed by atoms with Gasteiger partial charge in [-0.1, -0.05) is 42.5 Å². The highest BCUT2D eigenvalue weighted by atomic mass is 16.5. The molecule has 0 saturated carbocycles. The van der Waals surface area contributed by atoms with Gasteiger partial charge in [-0.2, -0.15) is 0 Å². The maximum Gasteiger partial charge on any atom is 0.418 e. The van der Waals surface area contributed by atoms with Gasteiger partial charge < -0.3 is 14.7 Å². The van der Waals surface area contributed by atoms with Crippen LogP contribution in [0.15, 0.2) is 54.6 Å². The largest absolute Gasteiger partial charge is 0.464 e. The molecule has 3 aromatic rings. The molecule has 0 aliphatic carbocycles. The standard InChI is InChI=1S/C21H21N3O4/c25-19(28-14-15-8-2-1-3-9-15)18-12-6-7-13-23(18)20-22-16-10-4-5-11-17(16)24(20)21(26)27/h1-5,8-11,18H,6-7,12-14H2,(H,26,27)/t18-/m0/s1. The van der Waals surface area contributed by atoms with Crippen LogP contribution in [0, 0.1) is 0 Å². The minimum absolute atomic E-state index is 0.194. The Bertz CT molecular complexity index is 999. The van der Waals surface area contributed by atoms with Gasteiger partial charge in [0.05, 0.1) is 11.0 Å². The number of aromatic nitrogens is 2. The van der Waals surface area contributed by atoms with Gasteiger partial charge in [0.25, 0.3) is 0 Å².